The third kappa shape index (κ3) is 4.27. The minimum Gasteiger partial charge on any atom is -0.465 e. The second-order valence-corrected chi connectivity index (χ2v) is 9.24. The van der Waals surface area contributed by atoms with Crippen LogP contribution in [0.1, 0.15) is 42.0 Å². The summed E-state index contributed by atoms with van der Waals surface area (Å²) in [6.07, 6.45) is 1.54. The maximum absolute atomic E-state index is 13.9. The third-order valence-corrected chi connectivity index (χ3v) is 7.12. The van der Waals surface area contributed by atoms with Crippen molar-refractivity contribution in [3.05, 3.63) is 53.2 Å². The first-order valence-corrected chi connectivity index (χ1v) is 11.7. The van der Waals surface area contributed by atoms with Crippen LogP contribution in [0.4, 0.5) is 16.3 Å². The number of fused-ring (bicyclic) bond motifs is 1. The molecule has 3 aliphatic heterocycles. The summed E-state index contributed by atoms with van der Waals surface area (Å²) < 4.78 is 5.58. The van der Waals surface area contributed by atoms with Crippen LogP contribution in [0.2, 0.25) is 0 Å². The molecular weight excluding hydrogens is 420 g/mol. The highest BCUT2D eigenvalue weighted by molar-refractivity contribution is 6.00. The fourth-order valence-corrected chi connectivity index (χ4v) is 5.33. The lowest BCUT2D eigenvalue weighted by atomic mass is 9.79. The molecule has 0 bridgehead atoms. The summed E-state index contributed by atoms with van der Waals surface area (Å²) in [5.74, 6) is 0.693. The summed E-state index contributed by atoms with van der Waals surface area (Å²) in [4.78, 5) is 33.4. The van der Waals surface area contributed by atoms with Crippen LogP contribution in [0.15, 0.2) is 36.4 Å². The first kappa shape index (κ1) is 21.7. The van der Waals surface area contributed by atoms with Gasteiger partial charge in [-0.15, -0.1) is 0 Å². The molecule has 4 heterocycles. The summed E-state index contributed by atoms with van der Waals surface area (Å²) in [5.41, 5.74) is 3.95. The SMILES string of the molecule is Cc1ccccc1N1Cc2ccc(N[C@H]3CCN(C(=O)O)C3)nc2C(C2CCOCC2)C1=O. The average molecular weight is 451 g/mol. The summed E-state index contributed by atoms with van der Waals surface area (Å²) >= 11 is 0. The number of nitrogens with zero attached hydrogens (tertiary/aromatic N) is 3. The Morgan fingerprint density at radius 1 is 1.15 bits per heavy atom. The molecule has 1 aromatic carbocycles. The van der Waals surface area contributed by atoms with Crippen molar-refractivity contribution in [3.8, 4) is 0 Å². The molecule has 8 heteroatoms. The van der Waals surface area contributed by atoms with E-state index < -0.39 is 6.09 Å². The zero-order valence-corrected chi connectivity index (χ0v) is 18.9. The fraction of sp³-hybridized carbons (Fsp3) is 0.480. The number of hydrogen-bond acceptors (Lipinski definition) is 5. The molecule has 5 rings (SSSR count). The van der Waals surface area contributed by atoms with Gasteiger partial charge in [-0.25, -0.2) is 9.78 Å². The Hall–Kier alpha value is -3.13. The minimum atomic E-state index is -0.890. The average Bonchev–Trinajstić information content (AvgIpc) is 3.29. The number of aromatic nitrogens is 1. The molecule has 2 fully saturated rings. The Morgan fingerprint density at radius 2 is 1.94 bits per heavy atom. The summed E-state index contributed by atoms with van der Waals surface area (Å²) in [6.45, 7) is 4.83. The van der Waals surface area contributed by atoms with E-state index in [4.69, 9.17) is 9.72 Å². The summed E-state index contributed by atoms with van der Waals surface area (Å²) in [7, 11) is 0. The Bertz CT molecular complexity index is 1050. The molecule has 0 radical (unpaired) electrons. The number of carbonyl (C=O) groups excluding carboxylic acids is 1. The molecule has 33 heavy (non-hydrogen) atoms. The van der Waals surface area contributed by atoms with Gasteiger partial charge < -0.3 is 25.0 Å². The van der Waals surface area contributed by atoms with Crippen LogP contribution in [0.5, 0.6) is 0 Å². The molecule has 1 unspecified atom stereocenters. The van der Waals surface area contributed by atoms with Crippen molar-refractivity contribution in [2.24, 2.45) is 5.92 Å². The monoisotopic (exact) mass is 450 g/mol. The predicted octanol–water partition coefficient (Wildman–Crippen LogP) is 3.61. The van der Waals surface area contributed by atoms with Gasteiger partial charge in [-0.2, -0.15) is 0 Å². The number of ether oxygens (including phenoxy) is 1. The Kier molecular flexibility index (Phi) is 5.93. The van der Waals surface area contributed by atoms with Gasteiger partial charge in [-0.1, -0.05) is 24.3 Å². The van der Waals surface area contributed by atoms with E-state index in [2.05, 4.69) is 11.4 Å². The van der Waals surface area contributed by atoms with Gasteiger partial charge in [-0.05, 0) is 55.4 Å². The van der Waals surface area contributed by atoms with E-state index in [0.29, 0.717) is 38.7 Å². The number of rotatable bonds is 4. The Morgan fingerprint density at radius 3 is 2.67 bits per heavy atom. The number of hydrogen-bond donors (Lipinski definition) is 2. The maximum Gasteiger partial charge on any atom is 0.407 e. The topological polar surface area (TPSA) is 95.0 Å². The zero-order valence-electron chi connectivity index (χ0n) is 18.9. The van der Waals surface area contributed by atoms with Crippen molar-refractivity contribution in [2.75, 3.05) is 36.5 Å². The van der Waals surface area contributed by atoms with E-state index in [1.54, 1.807) is 0 Å². The fourth-order valence-electron chi connectivity index (χ4n) is 5.33. The van der Waals surface area contributed by atoms with E-state index in [9.17, 15) is 14.7 Å². The molecular formula is C25H30N4O4. The summed E-state index contributed by atoms with van der Waals surface area (Å²) in [6, 6.07) is 12.1. The number of para-hydroxylation sites is 1. The van der Waals surface area contributed by atoms with Crippen molar-refractivity contribution in [1.82, 2.24) is 9.88 Å². The predicted molar refractivity (Wildman–Crippen MR) is 125 cm³/mol. The van der Waals surface area contributed by atoms with Crippen LogP contribution >= 0.6 is 0 Å². The van der Waals surface area contributed by atoms with Crippen molar-refractivity contribution in [3.63, 3.8) is 0 Å². The normalized spacial score (nSPS) is 23.5. The highest BCUT2D eigenvalue weighted by atomic mass is 16.5. The molecule has 2 aromatic rings. The summed E-state index contributed by atoms with van der Waals surface area (Å²) in [5, 5.41) is 12.6. The number of benzene rings is 1. The van der Waals surface area contributed by atoms with Gasteiger partial charge >= 0.3 is 6.09 Å². The molecule has 0 spiro atoms. The second-order valence-electron chi connectivity index (χ2n) is 9.24. The number of nitrogens with one attached hydrogen (secondary N) is 1. The van der Waals surface area contributed by atoms with Crippen LogP contribution in [-0.4, -0.2) is 59.3 Å². The smallest absolute Gasteiger partial charge is 0.407 e. The minimum absolute atomic E-state index is 0.0240. The van der Waals surface area contributed by atoms with Crippen LogP contribution in [0.25, 0.3) is 0 Å². The van der Waals surface area contributed by atoms with Crippen LogP contribution in [-0.2, 0) is 16.1 Å². The lowest BCUT2D eigenvalue weighted by molar-refractivity contribution is -0.122. The van der Waals surface area contributed by atoms with E-state index >= 15 is 0 Å². The molecule has 2 atom stereocenters. The molecule has 0 saturated carbocycles. The van der Waals surface area contributed by atoms with Gasteiger partial charge in [0, 0.05) is 38.0 Å². The number of anilines is 2. The van der Waals surface area contributed by atoms with Gasteiger partial charge in [0.2, 0.25) is 5.91 Å². The Balaban J connectivity index is 1.46. The highest BCUT2D eigenvalue weighted by Gasteiger charge is 2.41. The van der Waals surface area contributed by atoms with Gasteiger partial charge in [0.05, 0.1) is 18.2 Å². The van der Waals surface area contributed by atoms with Crippen LogP contribution in [0.3, 0.4) is 0 Å². The standard InChI is InChI=1S/C25H30N4O4/c1-16-4-2-3-5-20(16)29-14-18-6-7-21(26-19-8-11-28(15-19)25(31)32)27-23(18)22(24(29)30)17-9-12-33-13-10-17/h2-7,17,19,22H,8-15H2,1H3,(H,26,27)(H,31,32)/t19-,22?/m0/s1. The number of carbonyl (C=O) groups is 2. The largest absolute Gasteiger partial charge is 0.465 e. The maximum atomic E-state index is 13.9. The molecule has 2 amide bonds. The van der Waals surface area contributed by atoms with E-state index in [-0.39, 0.29) is 23.8 Å². The molecule has 3 aliphatic rings. The van der Waals surface area contributed by atoms with E-state index in [0.717, 1.165) is 41.8 Å². The van der Waals surface area contributed by atoms with E-state index in [1.807, 2.05) is 42.2 Å². The molecule has 2 N–H and O–H groups in total. The van der Waals surface area contributed by atoms with Crippen LogP contribution in [0, 0.1) is 12.8 Å². The lowest BCUT2D eigenvalue weighted by Crippen LogP contribution is -2.44. The number of likely N-dealkylation sites (tertiary alicyclic amines) is 1. The number of aryl methyl sites for hydroxylation is 1. The van der Waals surface area contributed by atoms with Crippen LogP contribution < -0.4 is 10.2 Å². The molecule has 1 aromatic heterocycles. The molecule has 0 aliphatic carbocycles. The van der Waals surface area contributed by atoms with Crippen molar-refractivity contribution in [1.29, 1.82) is 0 Å². The molecule has 8 nitrogen and oxygen atoms in total. The first-order chi connectivity index (χ1) is 16.0. The lowest BCUT2D eigenvalue weighted by Gasteiger charge is -2.39. The Labute approximate surface area is 193 Å². The van der Waals surface area contributed by atoms with Crippen molar-refractivity contribution >= 4 is 23.5 Å². The number of pyridine rings is 1. The molecule has 2 saturated heterocycles. The van der Waals surface area contributed by atoms with Gasteiger partial charge in [-0.3, -0.25) is 4.79 Å². The van der Waals surface area contributed by atoms with Crippen molar-refractivity contribution < 1.29 is 19.4 Å². The highest BCUT2D eigenvalue weighted by Crippen LogP contribution is 2.41. The number of carboxylic acid groups (broad SMARTS) is 1. The van der Waals surface area contributed by atoms with Gasteiger partial charge in [0.1, 0.15) is 5.82 Å². The van der Waals surface area contributed by atoms with E-state index in [1.165, 1.54) is 4.90 Å². The van der Waals surface area contributed by atoms with Gasteiger partial charge in [0.15, 0.2) is 0 Å². The molecule has 174 valence electrons. The van der Waals surface area contributed by atoms with Gasteiger partial charge in [0.25, 0.3) is 0 Å². The first-order valence-electron chi connectivity index (χ1n) is 11.7. The quantitative estimate of drug-likeness (QED) is 0.739. The number of amides is 2. The zero-order chi connectivity index (χ0) is 22.9. The third-order valence-electron chi connectivity index (χ3n) is 7.12. The second kappa shape index (κ2) is 9.02. The van der Waals surface area contributed by atoms with Crippen molar-refractivity contribution in [2.45, 2.75) is 44.7 Å².